The van der Waals surface area contributed by atoms with Crippen molar-refractivity contribution < 1.29 is 4.79 Å². The van der Waals surface area contributed by atoms with E-state index in [2.05, 4.69) is 31.9 Å². The van der Waals surface area contributed by atoms with Gasteiger partial charge in [0.25, 0.3) is 0 Å². The summed E-state index contributed by atoms with van der Waals surface area (Å²) >= 11 is 10.9. The fraction of sp³-hybridized carbons (Fsp3) is 0. The first-order chi connectivity index (χ1) is 5.11. The Bertz CT molecular complexity index is 300. The van der Waals surface area contributed by atoms with Crippen LogP contribution < -0.4 is 4.46 Å². The molecule has 0 amide bonds. The molecule has 58 valence electrons. The number of rotatable bonds is 1. The average Bonchev–Trinajstić information content (AvgIpc) is 1.94. The van der Waals surface area contributed by atoms with Crippen molar-refractivity contribution in [2.24, 2.45) is 0 Å². The first-order valence-corrected chi connectivity index (χ1v) is 4.90. The number of carbonyl (C=O) groups is 1. The van der Waals surface area contributed by atoms with Crippen LogP contribution in [0.3, 0.4) is 0 Å². The van der Waals surface area contributed by atoms with Gasteiger partial charge in [0, 0.05) is 0 Å². The number of benzene rings is 1. The molecule has 0 aromatic heterocycles. The second-order valence-electron chi connectivity index (χ2n) is 1.94. The van der Waals surface area contributed by atoms with E-state index in [0.29, 0.717) is 5.56 Å². The number of carbonyl (C=O) groups excluding carboxylic acids is 1. The van der Waals surface area contributed by atoms with Crippen LogP contribution in [0, 0.1) is 0 Å². The second-order valence-corrected chi connectivity index (χ2v) is 4.21. The molecule has 0 fully saturated rings. The van der Waals surface area contributed by atoms with Gasteiger partial charge in [0.15, 0.2) is 0 Å². The molecule has 0 unspecified atom stereocenters. The van der Waals surface area contributed by atoms with Crippen LogP contribution in [0.5, 0.6) is 0 Å². The summed E-state index contributed by atoms with van der Waals surface area (Å²) in [6.45, 7) is 0. The van der Waals surface area contributed by atoms with E-state index in [1.54, 1.807) is 6.07 Å². The van der Waals surface area contributed by atoms with Crippen molar-refractivity contribution in [3.05, 3.63) is 28.2 Å². The summed E-state index contributed by atoms with van der Waals surface area (Å²) < 4.78 is 1.69. The van der Waals surface area contributed by atoms with Crippen LogP contribution in [0.25, 0.3) is 0 Å². The van der Waals surface area contributed by atoms with Gasteiger partial charge in [0.1, 0.15) is 0 Å². The second kappa shape index (κ2) is 3.72. The molecule has 0 bridgehead atoms. The van der Waals surface area contributed by atoms with Crippen molar-refractivity contribution in [1.82, 2.24) is 0 Å². The molecule has 0 saturated carbocycles. The molecule has 0 radical (unpaired) electrons. The first kappa shape index (κ1) is 9.27. The van der Waals surface area contributed by atoms with E-state index >= 15 is 0 Å². The topological polar surface area (TPSA) is 17.1 Å². The van der Waals surface area contributed by atoms with Gasteiger partial charge in [-0.2, -0.15) is 0 Å². The van der Waals surface area contributed by atoms with Crippen molar-refractivity contribution in [2.75, 3.05) is 0 Å². The molecule has 1 aromatic rings. The zero-order chi connectivity index (χ0) is 8.43. The van der Waals surface area contributed by atoms with Gasteiger partial charge in [-0.05, 0) is 0 Å². The van der Waals surface area contributed by atoms with Crippen molar-refractivity contribution in [1.29, 1.82) is 0 Å². The molecule has 0 spiro atoms. The normalized spacial score (nSPS) is 9.73. The first-order valence-electron chi connectivity index (χ1n) is 2.79. The number of halogens is 2. The van der Waals surface area contributed by atoms with Crippen LogP contribution in [0.2, 0.25) is 0 Å². The fourth-order valence-corrected chi connectivity index (χ4v) is 1.83. The summed E-state index contributed by atoms with van der Waals surface area (Å²) in [4.78, 5) is 10.8. The molecule has 0 N–H and O–H groups in total. The van der Waals surface area contributed by atoms with Crippen LogP contribution >= 0.6 is 27.5 Å². The van der Waals surface area contributed by atoms with Crippen molar-refractivity contribution >= 4 is 53.2 Å². The van der Waals surface area contributed by atoms with Gasteiger partial charge in [-0.3, -0.25) is 0 Å². The summed E-state index contributed by atoms with van der Waals surface area (Å²) in [5.74, 6) is 0. The minimum absolute atomic E-state index is 0.429. The average molecular weight is 298 g/mol. The zero-order valence-corrected chi connectivity index (χ0v) is 9.56. The van der Waals surface area contributed by atoms with E-state index in [0.717, 1.165) is 8.93 Å². The molecule has 0 saturated heterocycles. The molecule has 0 aliphatic rings. The van der Waals surface area contributed by atoms with Gasteiger partial charge >= 0.3 is 86.3 Å². The number of hydrogen-bond acceptors (Lipinski definition) is 1. The molecule has 0 aliphatic heterocycles. The Labute approximate surface area is 86.1 Å². The van der Waals surface area contributed by atoms with Gasteiger partial charge in [-0.1, -0.05) is 0 Å². The predicted octanol–water partition coefficient (Wildman–Crippen LogP) is 1.35. The summed E-state index contributed by atoms with van der Waals surface area (Å²) in [5, 5.41) is -0.429. The Balaban J connectivity index is 3.23. The molecule has 0 aliphatic carbocycles. The molecule has 1 aromatic carbocycles. The molecule has 11 heavy (non-hydrogen) atoms. The van der Waals surface area contributed by atoms with E-state index < -0.39 is 5.24 Å². The minimum atomic E-state index is -0.429. The molecular weight excluding hydrogens is 294 g/mol. The van der Waals surface area contributed by atoms with Gasteiger partial charge in [-0.15, -0.1) is 0 Å². The predicted molar refractivity (Wildman–Crippen MR) is 51.1 cm³/mol. The van der Waals surface area contributed by atoms with Gasteiger partial charge in [0.2, 0.25) is 0 Å². The van der Waals surface area contributed by atoms with Gasteiger partial charge in [-0.25, -0.2) is 0 Å². The number of hydrogen-bond donors (Lipinski definition) is 0. The summed E-state index contributed by atoms with van der Waals surface area (Å²) in [6, 6.07) is 5.37. The molecule has 1 rings (SSSR count). The molecular formula is C7H4BrClOSe. The van der Waals surface area contributed by atoms with Gasteiger partial charge in [0.05, 0.1) is 0 Å². The Kier molecular flexibility index (Phi) is 3.14. The van der Waals surface area contributed by atoms with Gasteiger partial charge < -0.3 is 0 Å². The van der Waals surface area contributed by atoms with Crippen LogP contribution in [0.4, 0.5) is 0 Å². The monoisotopic (exact) mass is 298 g/mol. The third-order valence-electron chi connectivity index (χ3n) is 1.17. The molecule has 4 heteroatoms. The van der Waals surface area contributed by atoms with E-state index in [1.807, 2.05) is 12.1 Å². The SMILES string of the molecule is O=C(Cl)c1cc(Br)ccc1[SeH]. The van der Waals surface area contributed by atoms with E-state index in [9.17, 15) is 4.79 Å². The van der Waals surface area contributed by atoms with Crippen LogP contribution in [0.1, 0.15) is 10.4 Å². The van der Waals surface area contributed by atoms with Crippen molar-refractivity contribution in [3.8, 4) is 0 Å². The summed E-state index contributed by atoms with van der Waals surface area (Å²) in [6.07, 6.45) is 0. The molecule has 0 heterocycles. The van der Waals surface area contributed by atoms with Crippen LogP contribution in [0.15, 0.2) is 22.7 Å². The Morgan fingerprint density at radius 2 is 2.18 bits per heavy atom. The van der Waals surface area contributed by atoms with Crippen LogP contribution in [-0.4, -0.2) is 21.3 Å². The van der Waals surface area contributed by atoms with E-state index in [4.69, 9.17) is 11.6 Å². The van der Waals surface area contributed by atoms with E-state index in [-0.39, 0.29) is 0 Å². The quantitative estimate of drug-likeness (QED) is 0.565. The zero-order valence-electron chi connectivity index (χ0n) is 5.34. The molecule has 1 nitrogen and oxygen atoms in total. The van der Waals surface area contributed by atoms with Crippen molar-refractivity contribution in [3.63, 3.8) is 0 Å². The third-order valence-corrected chi connectivity index (χ3v) is 2.69. The third kappa shape index (κ3) is 2.31. The van der Waals surface area contributed by atoms with Crippen LogP contribution in [-0.2, 0) is 0 Å². The maximum atomic E-state index is 10.8. The summed E-state index contributed by atoms with van der Waals surface area (Å²) in [5.41, 5.74) is 0.529. The van der Waals surface area contributed by atoms with Crippen molar-refractivity contribution in [2.45, 2.75) is 0 Å². The fourth-order valence-electron chi connectivity index (χ4n) is 0.666. The summed E-state index contributed by atoms with van der Waals surface area (Å²) in [7, 11) is 0. The Morgan fingerprint density at radius 1 is 1.55 bits per heavy atom. The Morgan fingerprint density at radius 3 is 2.64 bits per heavy atom. The Hall–Kier alpha value is 0.179. The van der Waals surface area contributed by atoms with E-state index in [1.165, 1.54) is 0 Å². The standard InChI is InChI=1S/C7H4BrClOSe/c8-4-1-2-6(11)5(3-4)7(9)10/h1-3,11H. The molecule has 0 atom stereocenters. The maximum absolute atomic E-state index is 10.8.